The van der Waals surface area contributed by atoms with Crippen molar-refractivity contribution >= 4 is 17.7 Å². The van der Waals surface area contributed by atoms with Crippen LogP contribution >= 0.6 is 0 Å². The molecule has 1 amide bonds. The first-order valence-electron chi connectivity index (χ1n) is 6.96. The van der Waals surface area contributed by atoms with Gasteiger partial charge in [0.25, 0.3) is 0 Å². The number of amides is 1. The number of carbonyl (C=O) groups excluding carboxylic acids is 1. The van der Waals surface area contributed by atoms with E-state index in [1.807, 2.05) is 31.2 Å². The van der Waals surface area contributed by atoms with Crippen molar-refractivity contribution in [2.75, 3.05) is 12.4 Å². The Hall–Kier alpha value is -2.59. The van der Waals surface area contributed by atoms with Crippen LogP contribution in [0, 0.1) is 6.92 Å². The molecular weight excluding hydrogens is 278 g/mol. The number of carbonyl (C=O) groups is 1. The Bertz CT molecular complexity index is 675. The quantitative estimate of drug-likeness (QED) is 0.834. The Balaban J connectivity index is 2.04. The lowest BCUT2D eigenvalue weighted by atomic mass is 10.1. The molecule has 2 aromatic rings. The zero-order valence-corrected chi connectivity index (χ0v) is 12.7. The van der Waals surface area contributed by atoms with Crippen LogP contribution < -0.4 is 10.1 Å². The molecule has 0 aliphatic heterocycles. The van der Waals surface area contributed by atoms with Gasteiger partial charge in [-0.1, -0.05) is 29.8 Å². The summed E-state index contributed by atoms with van der Waals surface area (Å²) >= 11 is 0. The Kier molecular flexibility index (Phi) is 5.33. The Morgan fingerprint density at radius 2 is 1.95 bits per heavy atom. The molecule has 0 aliphatic rings. The van der Waals surface area contributed by atoms with Crippen LogP contribution in [0.3, 0.4) is 0 Å². The van der Waals surface area contributed by atoms with Crippen LogP contribution in [0.4, 0.5) is 5.69 Å². The van der Waals surface area contributed by atoms with Gasteiger partial charge in [-0.2, -0.15) is 0 Å². The molecule has 0 atom stereocenters. The highest BCUT2D eigenvalue weighted by Gasteiger charge is 2.04. The summed E-state index contributed by atoms with van der Waals surface area (Å²) in [4.78, 5) is 11.9. The minimum absolute atomic E-state index is 0.147. The Morgan fingerprint density at radius 1 is 1.23 bits per heavy atom. The van der Waals surface area contributed by atoms with E-state index in [2.05, 4.69) is 5.32 Å². The summed E-state index contributed by atoms with van der Waals surface area (Å²) in [5.74, 6) is 0.366. The van der Waals surface area contributed by atoms with Gasteiger partial charge in [0, 0.05) is 17.3 Å². The van der Waals surface area contributed by atoms with Crippen LogP contribution in [0.15, 0.2) is 48.5 Å². The minimum Gasteiger partial charge on any atom is -0.496 e. The number of benzene rings is 2. The third-order valence-electron chi connectivity index (χ3n) is 3.22. The molecule has 0 unspecified atom stereocenters. The van der Waals surface area contributed by atoms with E-state index in [1.54, 1.807) is 24.3 Å². The number of anilines is 1. The van der Waals surface area contributed by atoms with E-state index in [0.29, 0.717) is 17.0 Å². The van der Waals surface area contributed by atoms with Gasteiger partial charge < -0.3 is 15.2 Å². The molecule has 4 heteroatoms. The maximum atomic E-state index is 11.9. The number of nitrogens with one attached hydrogen (secondary N) is 1. The van der Waals surface area contributed by atoms with Crippen molar-refractivity contribution in [1.82, 2.24) is 0 Å². The van der Waals surface area contributed by atoms with Gasteiger partial charge in [-0.05, 0) is 36.8 Å². The van der Waals surface area contributed by atoms with E-state index in [0.717, 1.165) is 5.56 Å². The third kappa shape index (κ3) is 4.20. The molecule has 0 spiro atoms. The van der Waals surface area contributed by atoms with E-state index in [4.69, 9.17) is 4.74 Å². The SMILES string of the molecule is COc1ccc(NC(=O)/C=C/c2ccc(C)cc2)cc1CO. The number of rotatable bonds is 5. The van der Waals surface area contributed by atoms with Crippen LogP contribution in [-0.4, -0.2) is 18.1 Å². The van der Waals surface area contributed by atoms with E-state index in [9.17, 15) is 9.90 Å². The summed E-state index contributed by atoms with van der Waals surface area (Å²) in [5, 5.41) is 12.0. The number of ether oxygens (including phenoxy) is 1. The second kappa shape index (κ2) is 7.43. The van der Waals surface area contributed by atoms with Crippen molar-refractivity contribution in [3.05, 3.63) is 65.2 Å². The highest BCUT2D eigenvalue weighted by atomic mass is 16.5. The fourth-order valence-electron chi connectivity index (χ4n) is 2.01. The molecule has 4 nitrogen and oxygen atoms in total. The first kappa shape index (κ1) is 15.8. The largest absolute Gasteiger partial charge is 0.496 e. The van der Waals surface area contributed by atoms with Gasteiger partial charge >= 0.3 is 0 Å². The summed E-state index contributed by atoms with van der Waals surface area (Å²) < 4.78 is 5.12. The van der Waals surface area contributed by atoms with Crippen LogP contribution in [0.2, 0.25) is 0 Å². The van der Waals surface area contributed by atoms with Crippen molar-refractivity contribution < 1.29 is 14.6 Å². The zero-order valence-electron chi connectivity index (χ0n) is 12.7. The highest BCUT2D eigenvalue weighted by molar-refractivity contribution is 6.02. The summed E-state index contributed by atoms with van der Waals surface area (Å²) in [6, 6.07) is 13.0. The predicted molar refractivity (Wildman–Crippen MR) is 87.8 cm³/mol. The molecule has 2 aromatic carbocycles. The topological polar surface area (TPSA) is 58.6 Å². The summed E-state index contributed by atoms with van der Waals surface area (Å²) in [7, 11) is 1.54. The monoisotopic (exact) mass is 297 g/mol. The first-order valence-corrected chi connectivity index (χ1v) is 6.96. The predicted octanol–water partition coefficient (Wildman–Crippen LogP) is 3.15. The summed E-state index contributed by atoms with van der Waals surface area (Å²) in [6.07, 6.45) is 3.23. The lowest BCUT2D eigenvalue weighted by molar-refractivity contribution is -0.111. The van der Waals surface area contributed by atoms with Gasteiger partial charge in [-0.15, -0.1) is 0 Å². The third-order valence-corrected chi connectivity index (χ3v) is 3.22. The lowest BCUT2D eigenvalue weighted by Gasteiger charge is -2.09. The van der Waals surface area contributed by atoms with Crippen molar-refractivity contribution in [2.24, 2.45) is 0 Å². The zero-order chi connectivity index (χ0) is 15.9. The number of aliphatic hydroxyl groups is 1. The smallest absolute Gasteiger partial charge is 0.248 e. The van der Waals surface area contributed by atoms with E-state index < -0.39 is 0 Å². The van der Waals surface area contributed by atoms with Gasteiger partial charge in [0.2, 0.25) is 5.91 Å². The van der Waals surface area contributed by atoms with Crippen LogP contribution in [0.1, 0.15) is 16.7 Å². The fourth-order valence-corrected chi connectivity index (χ4v) is 2.01. The lowest BCUT2D eigenvalue weighted by Crippen LogP contribution is -2.08. The molecule has 2 rings (SSSR count). The van der Waals surface area contributed by atoms with Gasteiger partial charge in [-0.25, -0.2) is 0 Å². The van der Waals surface area contributed by atoms with Gasteiger partial charge in [0.1, 0.15) is 5.75 Å². The van der Waals surface area contributed by atoms with Crippen molar-refractivity contribution in [1.29, 1.82) is 0 Å². The van der Waals surface area contributed by atoms with Crippen LogP contribution in [0.25, 0.3) is 6.08 Å². The van der Waals surface area contributed by atoms with Gasteiger partial charge in [0.15, 0.2) is 0 Å². The molecule has 0 saturated heterocycles. The number of aliphatic hydroxyl groups excluding tert-OH is 1. The molecule has 0 aromatic heterocycles. The molecular formula is C18H19NO3. The summed E-state index contributed by atoms with van der Waals surface area (Å²) in [6.45, 7) is 1.87. The molecule has 2 N–H and O–H groups in total. The average Bonchev–Trinajstić information content (AvgIpc) is 2.54. The molecule has 22 heavy (non-hydrogen) atoms. The molecule has 0 fully saturated rings. The second-order valence-corrected chi connectivity index (χ2v) is 4.92. The Morgan fingerprint density at radius 3 is 2.59 bits per heavy atom. The minimum atomic E-state index is -0.227. The molecule has 114 valence electrons. The fraction of sp³-hybridized carbons (Fsp3) is 0.167. The number of hydrogen-bond donors (Lipinski definition) is 2. The standard InChI is InChI=1S/C18H19NO3/c1-13-3-5-14(6-4-13)7-10-18(21)19-16-8-9-17(22-2)15(11-16)12-20/h3-11,20H,12H2,1-2H3,(H,19,21)/b10-7+. The average molecular weight is 297 g/mol. The highest BCUT2D eigenvalue weighted by Crippen LogP contribution is 2.22. The molecule has 0 aliphatic carbocycles. The maximum Gasteiger partial charge on any atom is 0.248 e. The summed E-state index contributed by atoms with van der Waals surface area (Å²) in [5.41, 5.74) is 3.38. The van der Waals surface area contributed by atoms with Crippen LogP contribution in [0.5, 0.6) is 5.75 Å². The van der Waals surface area contributed by atoms with Gasteiger partial charge in [-0.3, -0.25) is 4.79 Å². The van der Waals surface area contributed by atoms with Crippen molar-refractivity contribution in [3.8, 4) is 5.75 Å². The molecule has 0 heterocycles. The molecule has 0 saturated carbocycles. The van der Waals surface area contributed by atoms with Crippen LogP contribution in [-0.2, 0) is 11.4 Å². The van der Waals surface area contributed by atoms with Crippen molar-refractivity contribution in [2.45, 2.75) is 13.5 Å². The van der Waals surface area contributed by atoms with E-state index >= 15 is 0 Å². The van der Waals surface area contributed by atoms with E-state index in [1.165, 1.54) is 18.7 Å². The van der Waals surface area contributed by atoms with Crippen molar-refractivity contribution in [3.63, 3.8) is 0 Å². The second-order valence-electron chi connectivity index (χ2n) is 4.92. The first-order chi connectivity index (χ1) is 10.6. The normalized spacial score (nSPS) is 10.7. The number of aryl methyl sites for hydroxylation is 1. The number of methoxy groups -OCH3 is 1. The van der Waals surface area contributed by atoms with E-state index in [-0.39, 0.29) is 12.5 Å². The number of hydrogen-bond acceptors (Lipinski definition) is 3. The van der Waals surface area contributed by atoms with Gasteiger partial charge in [0.05, 0.1) is 13.7 Å². The molecule has 0 bridgehead atoms. The maximum absolute atomic E-state index is 11.9. The Labute approximate surface area is 130 Å². The molecule has 0 radical (unpaired) electrons.